The van der Waals surface area contributed by atoms with Crippen LogP contribution in [-0.4, -0.2) is 34.6 Å². The molecule has 0 amide bonds. The number of nitrogens with zero attached hydrogens (tertiary/aromatic N) is 1. The molecule has 0 spiro atoms. The number of hydrogen-bond acceptors (Lipinski definition) is 4. The first-order chi connectivity index (χ1) is 18.7. The van der Waals surface area contributed by atoms with E-state index in [2.05, 4.69) is 84.3 Å². The van der Waals surface area contributed by atoms with Crippen molar-refractivity contribution >= 4 is 22.3 Å². The van der Waals surface area contributed by atoms with E-state index in [9.17, 15) is 0 Å². The van der Waals surface area contributed by atoms with Crippen molar-refractivity contribution in [2.24, 2.45) is 45.6 Å². The standard InChI is InChI=1S/C34H57NO3Si2/c1-24(35-36-23-25-13-11-10-12-14-25)28-15-16-29-27-22-32(38-40(7,8)9)31-21-26(37-39(4,5)6)17-19-34(31,3)30(27)18-20-33(28,29)2/h10-14,26-32H,15-23H2,1-9H3/b35-24+. The fraction of sp³-hybridized carbons (Fsp3) is 0.794. The number of hydrogen-bond donors (Lipinski definition) is 0. The van der Waals surface area contributed by atoms with E-state index in [1.54, 1.807) is 0 Å². The number of oxime groups is 1. The van der Waals surface area contributed by atoms with Crippen molar-refractivity contribution in [3.63, 3.8) is 0 Å². The van der Waals surface area contributed by atoms with Gasteiger partial charge in [-0.25, -0.2) is 0 Å². The lowest BCUT2D eigenvalue weighted by atomic mass is 9.44. The molecule has 5 rings (SSSR count). The maximum absolute atomic E-state index is 7.14. The molecule has 224 valence electrons. The van der Waals surface area contributed by atoms with E-state index in [1.807, 2.05) is 6.07 Å². The third-order valence-electron chi connectivity index (χ3n) is 11.4. The highest BCUT2D eigenvalue weighted by molar-refractivity contribution is 6.70. The normalized spacial score (nSPS) is 40.2. The van der Waals surface area contributed by atoms with Crippen LogP contribution in [0.4, 0.5) is 0 Å². The van der Waals surface area contributed by atoms with E-state index in [0.29, 0.717) is 41.5 Å². The molecule has 9 atom stereocenters. The van der Waals surface area contributed by atoms with Gasteiger partial charge in [-0.15, -0.1) is 0 Å². The van der Waals surface area contributed by atoms with Gasteiger partial charge < -0.3 is 13.7 Å². The summed E-state index contributed by atoms with van der Waals surface area (Å²) in [5.74, 6) is 3.50. The quantitative estimate of drug-likeness (QED) is 0.174. The highest BCUT2D eigenvalue weighted by Crippen LogP contribution is 2.68. The van der Waals surface area contributed by atoms with Gasteiger partial charge in [-0.2, -0.15) is 0 Å². The predicted molar refractivity (Wildman–Crippen MR) is 171 cm³/mol. The van der Waals surface area contributed by atoms with E-state index in [4.69, 9.17) is 18.8 Å². The molecule has 0 aliphatic heterocycles. The minimum atomic E-state index is -1.67. The van der Waals surface area contributed by atoms with Gasteiger partial charge in [0.15, 0.2) is 16.6 Å². The van der Waals surface area contributed by atoms with Gasteiger partial charge in [0.1, 0.15) is 6.61 Å². The molecule has 1 aromatic carbocycles. The van der Waals surface area contributed by atoms with E-state index >= 15 is 0 Å². The van der Waals surface area contributed by atoms with Crippen LogP contribution in [0.2, 0.25) is 39.3 Å². The first-order valence-electron chi connectivity index (χ1n) is 16.3. The molecule has 4 aliphatic rings. The van der Waals surface area contributed by atoms with E-state index in [1.165, 1.54) is 62.6 Å². The zero-order valence-corrected chi connectivity index (χ0v) is 29.0. The van der Waals surface area contributed by atoms with Crippen molar-refractivity contribution in [2.45, 2.75) is 130 Å². The van der Waals surface area contributed by atoms with Gasteiger partial charge in [-0.3, -0.25) is 0 Å². The second-order valence-corrected chi connectivity index (χ2v) is 25.2. The van der Waals surface area contributed by atoms with Crippen LogP contribution in [0.5, 0.6) is 0 Å². The Morgan fingerprint density at radius 3 is 2.12 bits per heavy atom. The summed E-state index contributed by atoms with van der Waals surface area (Å²) in [7, 11) is -3.23. The van der Waals surface area contributed by atoms with E-state index in [0.717, 1.165) is 17.8 Å². The van der Waals surface area contributed by atoms with Gasteiger partial charge in [0.25, 0.3) is 0 Å². The number of fused-ring (bicyclic) bond motifs is 5. The van der Waals surface area contributed by atoms with Crippen LogP contribution in [0.25, 0.3) is 0 Å². The molecule has 0 aromatic heterocycles. The molecule has 4 aliphatic carbocycles. The Morgan fingerprint density at radius 2 is 1.45 bits per heavy atom. The lowest BCUT2D eigenvalue weighted by Crippen LogP contribution is -2.60. The maximum atomic E-state index is 7.14. The van der Waals surface area contributed by atoms with Crippen LogP contribution in [-0.2, 0) is 20.3 Å². The summed E-state index contributed by atoms with van der Waals surface area (Å²) in [4.78, 5) is 5.89. The SMILES string of the molecule is C/C(=N\OCc1ccccc1)C1CCC2C3CC(O[Si](C)(C)C)C4CC(O[Si](C)(C)C)CCC4(C)C3CCC12C. The van der Waals surface area contributed by atoms with Gasteiger partial charge in [0.2, 0.25) is 0 Å². The maximum Gasteiger partial charge on any atom is 0.184 e. The van der Waals surface area contributed by atoms with Gasteiger partial charge in [-0.05, 0) is 138 Å². The molecule has 0 radical (unpaired) electrons. The summed E-state index contributed by atoms with van der Waals surface area (Å²) in [6.07, 6.45) is 11.1. The molecular weight excluding hydrogens is 527 g/mol. The first-order valence-corrected chi connectivity index (χ1v) is 23.1. The van der Waals surface area contributed by atoms with Gasteiger partial charge in [0, 0.05) is 18.1 Å². The smallest absolute Gasteiger partial charge is 0.184 e. The van der Waals surface area contributed by atoms with Gasteiger partial charge in [0.05, 0.1) is 5.71 Å². The van der Waals surface area contributed by atoms with Crippen molar-refractivity contribution in [1.82, 2.24) is 0 Å². The second kappa shape index (κ2) is 11.3. The average molecular weight is 584 g/mol. The topological polar surface area (TPSA) is 40.0 Å². The fourth-order valence-electron chi connectivity index (χ4n) is 9.96. The van der Waals surface area contributed by atoms with Crippen molar-refractivity contribution in [2.75, 3.05) is 0 Å². The Hall–Kier alpha value is -0.956. The summed E-state index contributed by atoms with van der Waals surface area (Å²) >= 11 is 0. The average Bonchev–Trinajstić information content (AvgIpc) is 3.21. The largest absolute Gasteiger partial charge is 0.415 e. The molecule has 0 heterocycles. The molecule has 4 nitrogen and oxygen atoms in total. The van der Waals surface area contributed by atoms with E-state index < -0.39 is 16.6 Å². The fourth-order valence-corrected chi connectivity index (χ4v) is 12.3. The molecule has 6 heteroatoms. The summed E-state index contributed by atoms with van der Waals surface area (Å²) in [5, 5.41) is 4.71. The molecule has 40 heavy (non-hydrogen) atoms. The summed E-state index contributed by atoms with van der Waals surface area (Å²) in [6, 6.07) is 10.4. The first kappa shape index (κ1) is 30.5. The number of rotatable bonds is 8. The lowest BCUT2D eigenvalue weighted by molar-refractivity contribution is -0.163. The van der Waals surface area contributed by atoms with Crippen molar-refractivity contribution in [3.8, 4) is 0 Å². The molecular formula is C34H57NO3Si2. The van der Waals surface area contributed by atoms with Crippen LogP contribution >= 0.6 is 0 Å². The molecule has 9 unspecified atom stereocenters. The summed E-state index contributed by atoms with van der Waals surface area (Å²) in [5.41, 5.74) is 3.07. The highest BCUT2D eigenvalue weighted by atomic mass is 28.4. The molecule has 1 aromatic rings. The Kier molecular flexibility index (Phi) is 8.60. The summed E-state index contributed by atoms with van der Waals surface area (Å²) in [6.45, 7) is 22.3. The molecule has 0 saturated heterocycles. The van der Waals surface area contributed by atoms with Crippen LogP contribution in [0.15, 0.2) is 35.5 Å². The minimum Gasteiger partial charge on any atom is -0.415 e. The van der Waals surface area contributed by atoms with Gasteiger partial charge >= 0.3 is 0 Å². The van der Waals surface area contributed by atoms with E-state index in [-0.39, 0.29) is 0 Å². The Morgan fingerprint density at radius 1 is 0.800 bits per heavy atom. The third kappa shape index (κ3) is 6.21. The Bertz CT molecular complexity index is 1050. The van der Waals surface area contributed by atoms with Crippen LogP contribution in [0.1, 0.15) is 77.7 Å². The molecule has 4 fully saturated rings. The van der Waals surface area contributed by atoms with Crippen molar-refractivity contribution in [1.29, 1.82) is 0 Å². The zero-order chi connectivity index (χ0) is 28.9. The van der Waals surface area contributed by atoms with Crippen molar-refractivity contribution < 1.29 is 13.7 Å². The van der Waals surface area contributed by atoms with Crippen LogP contribution < -0.4 is 0 Å². The second-order valence-electron chi connectivity index (χ2n) is 16.3. The predicted octanol–water partition coefficient (Wildman–Crippen LogP) is 9.29. The Labute approximate surface area is 247 Å². The molecule has 0 bridgehead atoms. The zero-order valence-electron chi connectivity index (χ0n) is 27.0. The lowest BCUT2D eigenvalue weighted by Gasteiger charge is -2.63. The van der Waals surface area contributed by atoms with Crippen LogP contribution in [0.3, 0.4) is 0 Å². The highest BCUT2D eigenvalue weighted by Gasteiger charge is 2.63. The molecule has 0 N–H and O–H groups in total. The Balaban J connectivity index is 1.35. The van der Waals surface area contributed by atoms with Crippen LogP contribution in [0, 0.1) is 40.4 Å². The minimum absolute atomic E-state index is 0.315. The number of benzene rings is 1. The monoisotopic (exact) mass is 583 g/mol. The van der Waals surface area contributed by atoms with Gasteiger partial charge in [-0.1, -0.05) is 49.3 Å². The van der Waals surface area contributed by atoms with Crippen molar-refractivity contribution in [3.05, 3.63) is 35.9 Å². The third-order valence-corrected chi connectivity index (χ3v) is 13.5. The summed E-state index contributed by atoms with van der Waals surface area (Å²) < 4.78 is 13.9. The molecule has 4 saturated carbocycles.